The summed E-state index contributed by atoms with van der Waals surface area (Å²) >= 11 is 0. The van der Waals surface area contributed by atoms with Crippen LogP contribution in [0.2, 0.25) is 0 Å². The topological polar surface area (TPSA) is 32.3 Å². The van der Waals surface area contributed by atoms with Gasteiger partial charge in [0, 0.05) is 18.2 Å². The highest BCUT2D eigenvalue weighted by atomic mass is 16.2. The van der Waals surface area contributed by atoms with Crippen molar-refractivity contribution in [1.82, 2.24) is 5.32 Å². The van der Waals surface area contributed by atoms with Crippen LogP contribution >= 0.6 is 0 Å². The zero-order chi connectivity index (χ0) is 14.0. The fourth-order valence-corrected chi connectivity index (χ4v) is 2.68. The Bertz CT molecular complexity index is 446. The number of hydrogen-bond donors (Lipinski definition) is 1. The lowest BCUT2D eigenvalue weighted by Gasteiger charge is -2.35. The van der Waals surface area contributed by atoms with Crippen LogP contribution in [0.4, 0.5) is 5.69 Å². The third-order valence-corrected chi connectivity index (χ3v) is 4.01. The van der Waals surface area contributed by atoms with Crippen LogP contribution in [0.3, 0.4) is 0 Å². The summed E-state index contributed by atoms with van der Waals surface area (Å²) in [6.07, 6.45) is 0. The van der Waals surface area contributed by atoms with Gasteiger partial charge in [-0.1, -0.05) is 13.0 Å². The molecule has 1 aromatic carbocycles. The Labute approximate surface area is 116 Å². The lowest BCUT2D eigenvalue weighted by molar-refractivity contribution is -0.124. The van der Waals surface area contributed by atoms with Gasteiger partial charge in [-0.3, -0.25) is 4.79 Å². The summed E-state index contributed by atoms with van der Waals surface area (Å²) in [5.41, 5.74) is 3.45. The summed E-state index contributed by atoms with van der Waals surface area (Å²) in [6.45, 7) is 10.9. The van der Waals surface area contributed by atoms with Gasteiger partial charge in [0.15, 0.2) is 0 Å². The van der Waals surface area contributed by atoms with Gasteiger partial charge in [0.05, 0.1) is 0 Å². The summed E-state index contributed by atoms with van der Waals surface area (Å²) in [7, 11) is 0. The Kier molecular flexibility index (Phi) is 4.25. The molecule has 1 unspecified atom stereocenters. The number of aryl methyl sites for hydroxylation is 2. The Morgan fingerprint density at radius 1 is 1.32 bits per heavy atom. The Morgan fingerprint density at radius 2 is 1.89 bits per heavy atom. The molecule has 2 rings (SSSR count). The van der Waals surface area contributed by atoms with Crippen molar-refractivity contribution in [3.63, 3.8) is 0 Å². The second-order valence-electron chi connectivity index (χ2n) is 5.64. The van der Waals surface area contributed by atoms with Crippen LogP contribution in [0.1, 0.15) is 25.0 Å². The normalized spacial score (nSPS) is 16.8. The number of nitrogens with one attached hydrogen (secondary N) is 1. The Hall–Kier alpha value is -1.35. The molecule has 0 radical (unpaired) electrons. The molecule has 0 saturated carbocycles. The molecular weight excluding hydrogens is 236 g/mol. The van der Waals surface area contributed by atoms with Crippen molar-refractivity contribution in [2.45, 2.75) is 27.7 Å². The molecule has 0 aromatic heterocycles. The van der Waals surface area contributed by atoms with E-state index in [1.54, 1.807) is 0 Å². The zero-order valence-electron chi connectivity index (χ0n) is 12.4. The average Bonchev–Trinajstić information content (AvgIpc) is 2.26. The molecular formula is C16H24N2O. The number of nitrogens with zero attached hydrogens (tertiary/aromatic N) is 1. The first kappa shape index (κ1) is 14.1. The number of rotatable bonds is 4. The standard InChI is InChI=1S/C16H24N2O/c1-5-18(15-7-11(2)6-12(3)8-15)16(19)13(4)14-9-17-10-14/h6-8,13-14,17H,5,9-10H2,1-4H3. The Morgan fingerprint density at radius 3 is 2.32 bits per heavy atom. The number of carbonyl (C=O) groups is 1. The van der Waals surface area contributed by atoms with Gasteiger partial charge in [0.25, 0.3) is 0 Å². The van der Waals surface area contributed by atoms with Crippen LogP contribution in [0, 0.1) is 25.7 Å². The van der Waals surface area contributed by atoms with Gasteiger partial charge in [0.2, 0.25) is 5.91 Å². The van der Waals surface area contributed by atoms with E-state index in [-0.39, 0.29) is 11.8 Å². The second-order valence-corrected chi connectivity index (χ2v) is 5.64. The number of amides is 1. The monoisotopic (exact) mass is 260 g/mol. The lowest BCUT2D eigenvalue weighted by Crippen LogP contribution is -2.50. The first-order valence-electron chi connectivity index (χ1n) is 7.13. The summed E-state index contributed by atoms with van der Waals surface area (Å²) in [5.74, 6) is 0.841. The van der Waals surface area contributed by atoms with Crippen LogP contribution in [0.15, 0.2) is 18.2 Å². The third kappa shape index (κ3) is 2.98. The number of benzene rings is 1. The van der Waals surface area contributed by atoms with Crippen LogP contribution in [-0.2, 0) is 4.79 Å². The van der Waals surface area contributed by atoms with Gasteiger partial charge in [-0.2, -0.15) is 0 Å². The molecule has 1 amide bonds. The van der Waals surface area contributed by atoms with E-state index in [1.807, 2.05) is 11.8 Å². The molecule has 1 fully saturated rings. The molecule has 3 nitrogen and oxygen atoms in total. The molecule has 1 aromatic rings. The van der Waals surface area contributed by atoms with Gasteiger partial charge in [-0.15, -0.1) is 0 Å². The lowest BCUT2D eigenvalue weighted by atomic mass is 9.87. The van der Waals surface area contributed by atoms with Crippen molar-refractivity contribution in [2.75, 3.05) is 24.5 Å². The van der Waals surface area contributed by atoms with Gasteiger partial charge < -0.3 is 10.2 Å². The summed E-state index contributed by atoms with van der Waals surface area (Å²) < 4.78 is 0. The minimum atomic E-state index is 0.0991. The van der Waals surface area contributed by atoms with Crippen LogP contribution < -0.4 is 10.2 Å². The van der Waals surface area contributed by atoms with Gasteiger partial charge in [-0.05, 0) is 63.0 Å². The van der Waals surface area contributed by atoms with Crippen molar-refractivity contribution in [2.24, 2.45) is 11.8 Å². The largest absolute Gasteiger partial charge is 0.316 e. The van der Waals surface area contributed by atoms with Crippen LogP contribution in [0.5, 0.6) is 0 Å². The highest BCUT2D eigenvalue weighted by Gasteiger charge is 2.31. The minimum Gasteiger partial charge on any atom is -0.316 e. The third-order valence-electron chi connectivity index (χ3n) is 4.01. The number of carbonyl (C=O) groups excluding carboxylic acids is 1. The van der Waals surface area contributed by atoms with Crippen LogP contribution in [-0.4, -0.2) is 25.5 Å². The van der Waals surface area contributed by atoms with E-state index in [1.165, 1.54) is 11.1 Å². The van der Waals surface area contributed by atoms with E-state index < -0.39 is 0 Å². The maximum Gasteiger partial charge on any atom is 0.230 e. The smallest absolute Gasteiger partial charge is 0.230 e. The van der Waals surface area contributed by atoms with E-state index in [2.05, 4.69) is 44.3 Å². The maximum atomic E-state index is 12.6. The summed E-state index contributed by atoms with van der Waals surface area (Å²) in [4.78, 5) is 14.5. The molecule has 0 aliphatic carbocycles. The fourth-order valence-electron chi connectivity index (χ4n) is 2.68. The van der Waals surface area contributed by atoms with E-state index in [0.29, 0.717) is 5.92 Å². The molecule has 1 aliphatic rings. The molecule has 0 bridgehead atoms. The molecule has 1 atom stereocenters. The number of hydrogen-bond acceptors (Lipinski definition) is 2. The van der Waals surface area contributed by atoms with Crippen molar-refractivity contribution in [3.05, 3.63) is 29.3 Å². The van der Waals surface area contributed by atoms with E-state index in [4.69, 9.17) is 0 Å². The second kappa shape index (κ2) is 5.74. The van der Waals surface area contributed by atoms with Gasteiger partial charge in [0.1, 0.15) is 0 Å². The zero-order valence-corrected chi connectivity index (χ0v) is 12.4. The molecule has 104 valence electrons. The minimum absolute atomic E-state index is 0.0991. The average molecular weight is 260 g/mol. The SMILES string of the molecule is CCN(C(=O)C(C)C1CNC1)c1cc(C)cc(C)c1. The molecule has 1 saturated heterocycles. The van der Waals surface area contributed by atoms with E-state index in [9.17, 15) is 4.79 Å². The first-order chi connectivity index (χ1) is 9.02. The predicted molar refractivity (Wildman–Crippen MR) is 79.5 cm³/mol. The molecule has 1 aliphatic heterocycles. The highest BCUT2D eigenvalue weighted by Crippen LogP contribution is 2.24. The highest BCUT2D eigenvalue weighted by molar-refractivity contribution is 5.95. The Balaban J connectivity index is 2.20. The maximum absolute atomic E-state index is 12.6. The molecule has 19 heavy (non-hydrogen) atoms. The van der Waals surface area contributed by atoms with Crippen molar-refractivity contribution < 1.29 is 4.79 Å². The predicted octanol–water partition coefficient (Wildman–Crippen LogP) is 2.51. The van der Waals surface area contributed by atoms with Crippen molar-refractivity contribution >= 4 is 11.6 Å². The van der Waals surface area contributed by atoms with E-state index >= 15 is 0 Å². The number of anilines is 1. The van der Waals surface area contributed by atoms with Gasteiger partial charge >= 0.3 is 0 Å². The van der Waals surface area contributed by atoms with Crippen molar-refractivity contribution in [1.29, 1.82) is 0 Å². The first-order valence-corrected chi connectivity index (χ1v) is 7.13. The fraction of sp³-hybridized carbons (Fsp3) is 0.562. The molecule has 3 heteroatoms. The molecule has 1 N–H and O–H groups in total. The quantitative estimate of drug-likeness (QED) is 0.902. The van der Waals surface area contributed by atoms with E-state index in [0.717, 1.165) is 25.3 Å². The van der Waals surface area contributed by atoms with Gasteiger partial charge in [-0.25, -0.2) is 0 Å². The summed E-state index contributed by atoms with van der Waals surface area (Å²) in [5, 5.41) is 3.24. The molecule has 1 heterocycles. The summed E-state index contributed by atoms with van der Waals surface area (Å²) in [6, 6.07) is 6.33. The molecule has 0 spiro atoms. The van der Waals surface area contributed by atoms with Crippen LogP contribution in [0.25, 0.3) is 0 Å². The van der Waals surface area contributed by atoms with Crippen molar-refractivity contribution in [3.8, 4) is 0 Å².